The number of rotatable bonds is 5. The Balaban J connectivity index is 2.25. The highest BCUT2D eigenvalue weighted by molar-refractivity contribution is 7.89. The van der Waals surface area contributed by atoms with E-state index >= 15 is 0 Å². The minimum atomic E-state index is -3.76. The zero-order valence-electron chi connectivity index (χ0n) is 12.6. The predicted molar refractivity (Wildman–Crippen MR) is 79.1 cm³/mol. The largest absolute Gasteiger partial charge is 0.481 e. The first-order chi connectivity index (χ1) is 10.4. The molecule has 0 bridgehead atoms. The molecule has 1 saturated heterocycles. The van der Waals surface area contributed by atoms with Gasteiger partial charge in [0.2, 0.25) is 15.9 Å². The SMILES string of the molecule is CCOc1ccc(S(=O)(=O)N2CC(C(=O)O)CCC2C)cn1. The number of piperidine rings is 1. The van der Waals surface area contributed by atoms with E-state index in [0.29, 0.717) is 25.3 Å². The molecule has 1 aromatic heterocycles. The van der Waals surface area contributed by atoms with E-state index < -0.39 is 21.9 Å². The summed E-state index contributed by atoms with van der Waals surface area (Å²) in [6, 6.07) is 2.71. The molecule has 2 unspecified atom stereocenters. The number of hydrogen-bond donors (Lipinski definition) is 1. The van der Waals surface area contributed by atoms with Crippen molar-refractivity contribution in [2.24, 2.45) is 5.92 Å². The van der Waals surface area contributed by atoms with Crippen molar-refractivity contribution in [3.05, 3.63) is 18.3 Å². The molecule has 2 heterocycles. The van der Waals surface area contributed by atoms with Crippen LogP contribution in [0.1, 0.15) is 26.7 Å². The van der Waals surface area contributed by atoms with Crippen LogP contribution in [-0.2, 0) is 14.8 Å². The van der Waals surface area contributed by atoms with Gasteiger partial charge in [-0.05, 0) is 32.8 Å². The summed E-state index contributed by atoms with van der Waals surface area (Å²) in [6.45, 7) is 4.04. The molecule has 1 aromatic rings. The van der Waals surface area contributed by atoms with Crippen molar-refractivity contribution in [1.29, 1.82) is 0 Å². The molecular formula is C14H20N2O5S. The van der Waals surface area contributed by atoms with Crippen molar-refractivity contribution in [3.63, 3.8) is 0 Å². The van der Waals surface area contributed by atoms with Gasteiger partial charge in [0, 0.05) is 18.7 Å². The predicted octanol–water partition coefficient (Wildman–Crippen LogP) is 1.35. The van der Waals surface area contributed by atoms with Crippen molar-refractivity contribution >= 4 is 16.0 Å². The summed E-state index contributed by atoms with van der Waals surface area (Å²) in [4.78, 5) is 15.2. The van der Waals surface area contributed by atoms with Gasteiger partial charge in [-0.25, -0.2) is 13.4 Å². The number of nitrogens with zero attached hydrogens (tertiary/aromatic N) is 2. The zero-order chi connectivity index (χ0) is 16.3. The number of pyridine rings is 1. The first-order valence-corrected chi connectivity index (χ1v) is 8.63. The normalized spacial score (nSPS) is 23.2. The minimum absolute atomic E-state index is 0.00789. The molecule has 0 aliphatic carbocycles. The topological polar surface area (TPSA) is 96.8 Å². The minimum Gasteiger partial charge on any atom is -0.481 e. The van der Waals surface area contributed by atoms with Crippen LogP contribution in [-0.4, -0.2) is 48.0 Å². The van der Waals surface area contributed by atoms with Crippen molar-refractivity contribution in [2.45, 2.75) is 37.6 Å². The molecule has 0 saturated carbocycles. The van der Waals surface area contributed by atoms with Crippen molar-refractivity contribution in [2.75, 3.05) is 13.2 Å². The van der Waals surface area contributed by atoms with Crippen molar-refractivity contribution in [3.8, 4) is 5.88 Å². The van der Waals surface area contributed by atoms with Gasteiger partial charge in [0.1, 0.15) is 4.90 Å². The lowest BCUT2D eigenvalue weighted by molar-refractivity contribution is -0.143. The smallest absolute Gasteiger partial charge is 0.307 e. The van der Waals surface area contributed by atoms with Gasteiger partial charge in [0.25, 0.3) is 0 Å². The van der Waals surface area contributed by atoms with Gasteiger partial charge in [0.05, 0.1) is 18.7 Å². The molecule has 0 amide bonds. The Hall–Kier alpha value is -1.67. The van der Waals surface area contributed by atoms with E-state index in [1.165, 1.54) is 22.6 Å². The third kappa shape index (κ3) is 3.38. The van der Waals surface area contributed by atoms with E-state index in [-0.39, 0.29) is 17.5 Å². The molecule has 122 valence electrons. The Kier molecular flexibility index (Phi) is 5.02. The number of aromatic nitrogens is 1. The summed E-state index contributed by atoms with van der Waals surface area (Å²) in [5.41, 5.74) is 0. The fraction of sp³-hybridized carbons (Fsp3) is 0.571. The van der Waals surface area contributed by atoms with Crippen LogP contribution in [0.25, 0.3) is 0 Å². The van der Waals surface area contributed by atoms with E-state index in [1.54, 1.807) is 6.92 Å². The first kappa shape index (κ1) is 16.7. The van der Waals surface area contributed by atoms with Gasteiger partial charge in [-0.2, -0.15) is 4.31 Å². The third-order valence-electron chi connectivity index (χ3n) is 3.78. The lowest BCUT2D eigenvalue weighted by Crippen LogP contribution is -2.47. The van der Waals surface area contributed by atoms with Crippen LogP contribution in [0.2, 0.25) is 0 Å². The van der Waals surface area contributed by atoms with Crippen molar-refractivity contribution < 1.29 is 23.1 Å². The number of hydrogen-bond acceptors (Lipinski definition) is 5. The first-order valence-electron chi connectivity index (χ1n) is 7.19. The highest BCUT2D eigenvalue weighted by Crippen LogP contribution is 2.28. The molecule has 8 heteroatoms. The molecule has 0 spiro atoms. The average molecular weight is 328 g/mol. The van der Waals surface area contributed by atoms with Gasteiger partial charge in [-0.1, -0.05) is 0 Å². The number of ether oxygens (including phenoxy) is 1. The van der Waals surface area contributed by atoms with Crippen LogP contribution < -0.4 is 4.74 Å². The van der Waals surface area contributed by atoms with Gasteiger partial charge < -0.3 is 9.84 Å². The summed E-state index contributed by atoms with van der Waals surface area (Å²) in [6.07, 6.45) is 2.27. The third-order valence-corrected chi connectivity index (χ3v) is 5.75. The molecule has 0 radical (unpaired) electrons. The molecule has 0 aromatic carbocycles. The molecule has 1 aliphatic heterocycles. The van der Waals surface area contributed by atoms with E-state index in [9.17, 15) is 13.2 Å². The van der Waals surface area contributed by atoms with Crippen LogP contribution in [0.3, 0.4) is 0 Å². The number of aliphatic carboxylic acids is 1. The van der Waals surface area contributed by atoms with E-state index in [2.05, 4.69) is 4.98 Å². The van der Waals surface area contributed by atoms with E-state index in [4.69, 9.17) is 9.84 Å². The second kappa shape index (κ2) is 6.62. The highest BCUT2D eigenvalue weighted by Gasteiger charge is 2.37. The van der Waals surface area contributed by atoms with Gasteiger partial charge in [-0.3, -0.25) is 4.79 Å². The van der Waals surface area contributed by atoms with E-state index in [0.717, 1.165) is 0 Å². The summed E-state index contributed by atoms with van der Waals surface area (Å²) < 4.78 is 31.8. The number of carboxylic acids is 1. The van der Waals surface area contributed by atoms with Crippen LogP contribution in [0.4, 0.5) is 0 Å². The Morgan fingerprint density at radius 2 is 2.18 bits per heavy atom. The van der Waals surface area contributed by atoms with Crippen LogP contribution in [0.5, 0.6) is 5.88 Å². The van der Waals surface area contributed by atoms with Crippen LogP contribution in [0.15, 0.2) is 23.2 Å². The molecule has 1 fully saturated rings. The monoisotopic (exact) mass is 328 g/mol. The maximum atomic E-state index is 12.7. The lowest BCUT2D eigenvalue weighted by Gasteiger charge is -2.35. The van der Waals surface area contributed by atoms with Gasteiger partial charge in [0.15, 0.2) is 0 Å². The second-order valence-corrected chi connectivity index (χ2v) is 7.19. The van der Waals surface area contributed by atoms with Crippen LogP contribution >= 0.6 is 0 Å². The molecule has 2 rings (SSSR count). The molecule has 1 N–H and O–H groups in total. The standard InChI is InChI=1S/C14H20N2O5S/c1-3-21-13-7-6-12(8-15-13)22(19,20)16-9-11(14(17)18)5-4-10(16)2/h6-8,10-11H,3-5,9H2,1-2H3,(H,17,18). The fourth-order valence-corrected chi connectivity index (χ4v) is 4.15. The molecular weight excluding hydrogens is 308 g/mol. The summed E-state index contributed by atoms with van der Waals surface area (Å²) in [7, 11) is -3.76. The summed E-state index contributed by atoms with van der Waals surface area (Å²) in [5.74, 6) is -1.27. The van der Waals surface area contributed by atoms with Crippen LogP contribution in [0, 0.1) is 5.92 Å². The lowest BCUT2D eigenvalue weighted by atomic mass is 9.96. The maximum Gasteiger partial charge on any atom is 0.307 e. The summed E-state index contributed by atoms with van der Waals surface area (Å²) >= 11 is 0. The highest BCUT2D eigenvalue weighted by atomic mass is 32.2. The summed E-state index contributed by atoms with van der Waals surface area (Å²) in [5, 5.41) is 9.12. The Morgan fingerprint density at radius 3 is 2.73 bits per heavy atom. The average Bonchev–Trinajstić information content (AvgIpc) is 2.48. The molecule has 2 atom stereocenters. The Labute approximate surface area is 130 Å². The maximum absolute atomic E-state index is 12.7. The quantitative estimate of drug-likeness (QED) is 0.876. The number of sulfonamides is 1. The van der Waals surface area contributed by atoms with E-state index in [1.807, 2.05) is 6.92 Å². The van der Waals surface area contributed by atoms with Gasteiger partial charge in [-0.15, -0.1) is 0 Å². The second-order valence-electron chi connectivity index (χ2n) is 5.30. The van der Waals surface area contributed by atoms with Crippen molar-refractivity contribution in [1.82, 2.24) is 9.29 Å². The molecule has 22 heavy (non-hydrogen) atoms. The Morgan fingerprint density at radius 1 is 1.45 bits per heavy atom. The Bertz CT molecular complexity index is 629. The number of carboxylic acid groups (broad SMARTS) is 1. The fourth-order valence-electron chi connectivity index (χ4n) is 2.50. The number of carbonyl (C=O) groups is 1. The molecule has 7 nitrogen and oxygen atoms in total. The zero-order valence-corrected chi connectivity index (χ0v) is 13.4. The molecule has 1 aliphatic rings. The van der Waals surface area contributed by atoms with Gasteiger partial charge >= 0.3 is 5.97 Å².